The summed E-state index contributed by atoms with van der Waals surface area (Å²) in [6.45, 7) is 1.95. The van der Waals surface area contributed by atoms with E-state index in [1.807, 2.05) is 24.3 Å². The van der Waals surface area contributed by atoms with Crippen molar-refractivity contribution in [2.45, 2.75) is 18.9 Å². The molecule has 2 N–H and O–H groups in total. The SMILES string of the molecule is O=C(NC1CCCNC1)c1cccc(I)c1. The molecule has 1 aromatic carbocycles. The van der Waals surface area contributed by atoms with Gasteiger partial charge in [0.15, 0.2) is 0 Å². The maximum Gasteiger partial charge on any atom is 0.251 e. The second-order valence-electron chi connectivity index (χ2n) is 4.03. The van der Waals surface area contributed by atoms with Crippen LogP contribution in [0.3, 0.4) is 0 Å². The van der Waals surface area contributed by atoms with Gasteiger partial charge in [-0.05, 0) is 60.2 Å². The van der Waals surface area contributed by atoms with Gasteiger partial charge in [0.25, 0.3) is 5.91 Å². The smallest absolute Gasteiger partial charge is 0.251 e. The van der Waals surface area contributed by atoms with Crippen LogP contribution in [0.1, 0.15) is 23.2 Å². The van der Waals surface area contributed by atoms with Crippen molar-refractivity contribution in [3.63, 3.8) is 0 Å². The third-order valence-electron chi connectivity index (χ3n) is 2.72. The monoisotopic (exact) mass is 330 g/mol. The molecule has 16 heavy (non-hydrogen) atoms. The molecule has 1 unspecified atom stereocenters. The minimum atomic E-state index is 0.0345. The summed E-state index contributed by atoms with van der Waals surface area (Å²) in [7, 11) is 0. The van der Waals surface area contributed by atoms with E-state index >= 15 is 0 Å². The zero-order valence-corrected chi connectivity index (χ0v) is 11.2. The molecule has 0 spiro atoms. The predicted molar refractivity (Wildman–Crippen MR) is 72.5 cm³/mol. The molecular weight excluding hydrogens is 315 g/mol. The minimum absolute atomic E-state index is 0.0345. The highest BCUT2D eigenvalue weighted by atomic mass is 127. The van der Waals surface area contributed by atoms with E-state index in [4.69, 9.17) is 0 Å². The molecule has 86 valence electrons. The van der Waals surface area contributed by atoms with Crippen molar-refractivity contribution in [3.8, 4) is 0 Å². The fourth-order valence-corrected chi connectivity index (χ4v) is 2.42. The van der Waals surface area contributed by atoms with Crippen molar-refractivity contribution >= 4 is 28.5 Å². The fraction of sp³-hybridized carbons (Fsp3) is 0.417. The molecule has 1 amide bonds. The molecule has 2 rings (SSSR count). The number of piperidine rings is 1. The molecule has 3 nitrogen and oxygen atoms in total. The number of hydrogen-bond acceptors (Lipinski definition) is 2. The Morgan fingerprint density at radius 3 is 3.06 bits per heavy atom. The first kappa shape index (κ1) is 11.9. The lowest BCUT2D eigenvalue weighted by atomic mass is 10.1. The first-order valence-corrected chi connectivity index (χ1v) is 6.61. The van der Waals surface area contributed by atoms with E-state index in [1.54, 1.807) is 0 Å². The van der Waals surface area contributed by atoms with Crippen LogP contribution in [-0.4, -0.2) is 25.0 Å². The van der Waals surface area contributed by atoms with Crippen LogP contribution in [0.4, 0.5) is 0 Å². The first-order chi connectivity index (χ1) is 7.75. The maximum atomic E-state index is 11.9. The lowest BCUT2D eigenvalue weighted by molar-refractivity contribution is 0.0930. The van der Waals surface area contributed by atoms with Gasteiger partial charge in [-0.1, -0.05) is 6.07 Å². The Bertz CT molecular complexity index is 375. The Balaban J connectivity index is 1.97. The summed E-state index contributed by atoms with van der Waals surface area (Å²) in [6.07, 6.45) is 2.21. The molecule has 1 fully saturated rings. The van der Waals surface area contributed by atoms with Crippen LogP contribution in [0, 0.1) is 3.57 Å². The lowest BCUT2D eigenvalue weighted by Crippen LogP contribution is -2.45. The Morgan fingerprint density at radius 1 is 1.50 bits per heavy atom. The second kappa shape index (κ2) is 5.63. The molecule has 0 bridgehead atoms. The van der Waals surface area contributed by atoms with E-state index in [0.717, 1.165) is 35.1 Å². The second-order valence-corrected chi connectivity index (χ2v) is 5.27. The van der Waals surface area contributed by atoms with Gasteiger partial charge in [0, 0.05) is 21.7 Å². The van der Waals surface area contributed by atoms with Crippen LogP contribution in [0.25, 0.3) is 0 Å². The third-order valence-corrected chi connectivity index (χ3v) is 3.39. The van der Waals surface area contributed by atoms with Crippen LogP contribution < -0.4 is 10.6 Å². The van der Waals surface area contributed by atoms with Gasteiger partial charge in [-0.15, -0.1) is 0 Å². The maximum absolute atomic E-state index is 11.9. The van der Waals surface area contributed by atoms with E-state index in [0.29, 0.717) is 0 Å². The topological polar surface area (TPSA) is 41.1 Å². The molecule has 1 saturated heterocycles. The third kappa shape index (κ3) is 3.18. The molecule has 0 aliphatic carbocycles. The molecule has 0 saturated carbocycles. The molecule has 1 heterocycles. The molecule has 4 heteroatoms. The van der Waals surface area contributed by atoms with Gasteiger partial charge in [0.2, 0.25) is 0 Å². The number of hydrogen-bond donors (Lipinski definition) is 2. The fourth-order valence-electron chi connectivity index (χ4n) is 1.87. The van der Waals surface area contributed by atoms with Gasteiger partial charge in [0.1, 0.15) is 0 Å². The van der Waals surface area contributed by atoms with Crippen molar-refractivity contribution in [2.24, 2.45) is 0 Å². The highest BCUT2D eigenvalue weighted by Gasteiger charge is 2.16. The summed E-state index contributed by atoms with van der Waals surface area (Å²) < 4.78 is 1.09. The van der Waals surface area contributed by atoms with Gasteiger partial charge < -0.3 is 10.6 Å². The van der Waals surface area contributed by atoms with Crippen molar-refractivity contribution in [1.82, 2.24) is 10.6 Å². The van der Waals surface area contributed by atoms with Crippen LogP contribution >= 0.6 is 22.6 Å². The van der Waals surface area contributed by atoms with Crippen LogP contribution in [-0.2, 0) is 0 Å². The first-order valence-electron chi connectivity index (χ1n) is 5.53. The van der Waals surface area contributed by atoms with Gasteiger partial charge >= 0.3 is 0 Å². The van der Waals surface area contributed by atoms with Crippen LogP contribution in [0.5, 0.6) is 0 Å². The Labute approximate surface area is 109 Å². The van der Waals surface area contributed by atoms with E-state index in [9.17, 15) is 4.79 Å². The number of benzene rings is 1. The Hall–Kier alpha value is -0.620. The summed E-state index contributed by atoms with van der Waals surface area (Å²) in [6, 6.07) is 7.94. The van der Waals surface area contributed by atoms with Gasteiger partial charge in [-0.2, -0.15) is 0 Å². The highest BCUT2D eigenvalue weighted by molar-refractivity contribution is 14.1. The highest BCUT2D eigenvalue weighted by Crippen LogP contribution is 2.09. The molecular formula is C12H15IN2O. The molecule has 0 radical (unpaired) electrons. The summed E-state index contributed by atoms with van der Waals surface area (Å²) in [5, 5.41) is 6.34. The van der Waals surface area contributed by atoms with Gasteiger partial charge in [-0.25, -0.2) is 0 Å². The number of rotatable bonds is 2. The van der Waals surface area contributed by atoms with E-state index in [2.05, 4.69) is 33.2 Å². The van der Waals surface area contributed by atoms with Crippen LogP contribution in [0.2, 0.25) is 0 Å². The molecule has 1 atom stereocenters. The van der Waals surface area contributed by atoms with Crippen molar-refractivity contribution in [1.29, 1.82) is 0 Å². The predicted octanol–water partition coefficient (Wildman–Crippen LogP) is 1.77. The van der Waals surface area contributed by atoms with Crippen LogP contribution in [0.15, 0.2) is 24.3 Å². The van der Waals surface area contributed by atoms with E-state index < -0.39 is 0 Å². The average molecular weight is 330 g/mol. The lowest BCUT2D eigenvalue weighted by Gasteiger charge is -2.23. The molecule has 1 aliphatic rings. The summed E-state index contributed by atoms with van der Waals surface area (Å²) in [5.41, 5.74) is 0.748. The number of carbonyl (C=O) groups excluding carboxylic acids is 1. The average Bonchev–Trinajstić information content (AvgIpc) is 2.30. The normalized spacial score (nSPS) is 20.4. The van der Waals surface area contributed by atoms with Gasteiger partial charge in [0.05, 0.1) is 0 Å². The van der Waals surface area contributed by atoms with E-state index in [1.165, 1.54) is 0 Å². The van der Waals surface area contributed by atoms with Crippen molar-refractivity contribution in [3.05, 3.63) is 33.4 Å². The minimum Gasteiger partial charge on any atom is -0.348 e. The molecule has 0 aromatic heterocycles. The van der Waals surface area contributed by atoms with Crippen molar-refractivity contribution < 1.29 is 4.79 Å². The Kier molecular flexibility index (Phi) is 4.17. The summed E-state index contributed by atoms with van der Waals surface area (Å²) >= 11 is 2.22. The standard InChI is InChI=1S/C12H15IN2O/c13-10-4-1-3-9(7-10)12(16)15-11-5-2-6-14-8-11/h1,3-4,7,11,14H,2,5-6,8H2,(H,15,16). The zero-order valence-electron chi connectivity index (χ0n) is 9.00. The largest absolute Gasteiger partial charge is 0.348 e. The van der Waals surface area contributed by atoms with Gasteiger partial charge in [-0.3, -0.25) is 4.79 Å². The number of halogens is 1. The quantitative estimate of drug-likeness (QED) is 0.812. The number of carbonyl (C=O) groups is 1. The summed E-state index contributed by atoms with van der Waals surface area (Å²) in [5.74, 6) is 0.0345. The Morgan fingerprint density at radius 2 is 2.38 bits per heavy atom. The number of amides is 1. The summed E-state index contributed by atoms with van der Waals surface area (Å²) in [4.78, 5) is 11.9. The van der Waals surface area contributed by atoms with Crippen molar-refractivity contribution in [2.75, 3.05) is 13.1 Å². The van der Waals surface area contributed by atoms with E-state index in [-0.39, 0.29) is 11.9 Å². The zero-order chi connectivity index (χ0) is 11.4. The molecule has 1 aromatic rings. The number of nitrogens with one attached hydrogen (secondary N) is 2. The molecule has 1 aliphatic heterocycles.